The average Bonchev–Trinajstić information content (AvgIpc) is 2.33. The van der Waals surface area contributed by atoms with Crippen molar-refractivity contribution < 1.29 is 18.0 Å². The standard InChI is InChI=1S/C11H16F3N5O/c1-6(2)19(5-8(15)20)9-4-7(11(12,13)14)17-10(16-3)18-9/h4,6H,5H2,1-3H3,(H2,15,20)(H,16,17,18). The van der Waals surface area contributed by atoms with Crippen LogP contribution >= 0.6 is 0 Å². The van der Waals surface area contributed by atoms with Crippen molar-refractivity contribution in [3.05, 3.63) is 11.8 Å². The van der Waals surface area contributed by atoms with Crippen LogP contribution in [0.2, 0.25) is 0 Å². The zero-order chi connectivity index (χ0) is 15.5. The van der Waals surface area contributed by atoms with Crippen LogP contribution in [0.4, 0.5) is 24.9 Å². The topological polar surface area (TPSA) is 84.1 Å². The van der Waals surface area contributed by atoms with Gasteiger partial charge >= 0.3 is 6.18 Å². The Labute approximate surface area is 114 Å². The van der Waals surface area contributed by atoms with Crippen LogP contribution in [-0.4, -0.2) is 35.5 Å². The first kappa shape index (κ1) is 16.0. The van der Waals surface area contributed by atoms with Gasteiger partial charge in [-0.25, -0.2) is 4.98 Å². The highest BCUT2D eigenvalue weighted by Crippen LogP contribution is 2.30. The van der Waals surface area contributed by atoms with Crippen molar-refractivity contribution in [2.45, 2.75) is 26.1 Å². The molecule has 0 saturated heterocycles. The third kappa shape index (κ3) is 3.97. The van der Waals surface area contributed by atoms with Gasteiger partial charge in [0.15, 0.2) is 5.69 Å². The molecule has 1 aromatic heterocycles. The molecule has 112 valence electrons. The molecule has 0 spiro atoms. The quantitative estimate of drug-likeness (QED) is 0.852. The van der Waals surface area contributed by atoms with Gasteiger partial charge in [-0.05, 0) is 13.8 Å². The molecule has 1 amide bonds. The summed E-state index contributed by atoms with van der Waals surface area (Å²) in [6.07, 6.45) is -4.60. The molecule has 9 heteroatoms. The summed E-state index contributed by atoms with van der Waals surface area (Å²) >= 11 is 0. The van der Waals surface area contributed by atoms with Crippen LogP contribution in [0.3, 0.4) is 0 Å². The van der Waals surface area contributed by atoms with Gasteiger partial charge in [-0.15, -0.1) is 0 Å². The zero-order valence-corrected chi connectivity index (χ0v) is 11.3. The number of nitrogens with two attached hydrogens (primary N) is 1. The summed E-state index contributed by atoms with van der Waals surface area (Å²) in [5.74, 6) is -0.840. The van der Waals surface area contributed by atoms with Crippen molar-refractivity contribution in [3.63, 3.8) is 0 Å². The van der Waals surface area contributed by atoms with Gasteiger partial charge in [-0.1, -0.05) is 0 Å². The second kappa shape index (κ2) is 5.93. The van der Waals surface area contributed by atoms with Crippen molar-refractivity contribution in [3.8, 4) is 0 Å². The molecule has 0 aliphatic rings. The molecule has 0 aliphatic heterocycles. The number of carbonyl (C=O) groups is 1. The molecule has 1 aromatic rings. The number of primary amides is 1. The molecule has 0 saturated carbocycles. The fourth-order valence-electron chi connectivity index (χ4n) is 1.53. The molecule has 0 radical (unpaired) electrons. The van der Waals surface area contributed by atoms with E-state index in [0.717, 1.165) is 6.07 Å². The second-order valence-corrected chi connectivity index (χ2v) is 4.37. The molecular formula is C11H16F3N5O. The SMILES string of the molecule is CNc1nc(N(CC(N)=O)C(C)C)cc(C(F)(F)F)n1. The first-order chi connectivity index (χ1) is 9.15. The smallest absolute Gasteiger partial charge is 0.368 e. The zero-order valence-electron chi connectivity index (χ0n) is 11.3. The highest BCUT2D eigenvalue weighted by Gasteiger charge is 2.34. The number of alkyl halides is 3. The normalized spacial score (nSPS) is 11.6. The Hall–Kier alpha value is -2.06. The van der Waals surface area contributed by atoms with Crippen LogP contribution in [0, 0.1) is 0 Å². The number of nitrogens with zero attached hydrogens (tertiary/aromatic N) is 3. The molecular weight excluding hydrogens is 275 g/mol. The van der Waals surface area contributed by atoms with Crippen LogP contribution in [0.15, 0.2) is 6.07 Å². The monoisotopic (exact) mass is 291 g/mol. The number of hydrogen-bond donors (Lipinski definition) is 2. The minimum atomic E-state index is -4.60. The van der Waals surface area contributed by atoms with E-state index < -0.39 is 17.8 Å². The Morgan fingerprint density at radius 1 is 1.45 bits per heavy atom. The average molecular weight is 291 g/mol. The fourth-order valence-corrected chi connectivity index (χ4v) is 1.53. The number of rotatable bonds is 5. The van der Waals surface area contributed by atoms with E-state index in [1.807, 2.05) is 0 Å². The maximum atomic E-state index is 12.8. The Balaban J connectivity index is 3.30. The summed E-state index contributed by atoms with van der Waals surface area (Å²) in [4.78, 5) is 19.7. The summed E-state index contributed by atoms with van der Waals surface area (Å²) in [5.41, 5.74) is 4.02. The summed E-state index contributed by atoms with van der Waals surface area (Å²) in [5, 5.41) is 2.46. The van der Waals surface area contributed by atoms with Gasteiger partial charge in [-0.3, -0.25) is 4.79 Å². The molecule has 1 rings (SSSR count). The molecule has 20 heavy (non-hydrogen) atoms. The van der Waals surface area contributed by atoms with Crippen LogP contribution in [0.1, 0.15) is 19.5 Å². The van der Waals surface area contributed by atoms with Crippen LogP contribution < -0.4 is 16.0 Å². The summed E-state index contributed by atoms with van der Waals surface area (Å²) < 4.78 is 38.3. The van der Waals surface area contributed by atoms with Gasteiger partial charge < -0.3 is 16.0 Å². The van der Waals surface area contributed by atoms with E-state index in [1.54, 1.807) is 13.8 Å². The van der Waals surface area contributed by atoms with Gasteiger partial charge in [0.25, 0.3) is 0 Å². The van der Waals surface area contributed by atoms with Crippen molar-refractivity contribution >= 4 is 17.7 Å². The van der Waals surface area contributed by atoms with Gasteiger partial charge in [0.2, 0.25) is 11.9 Å². The molecule has 1 heterocycles. The van der Waals surface area contributed by atoms with Gasteiger partial charge in [-0.2, -0.15) is 18.2 Å². The van der Waals surface area contributed by atoms with Crippen molar-refractivity contribution in [2.24, 2.45) is 5.73 Å². The number of anilines is 2. The Morgan fingerprint density at radius 2 is 2.05 bits per heavy atom. The lowest BCUT2D eigenvalue weighted by Gasteiger charge is -2.27. The minimum Gasteiger partial charge on any atom is -0.368 e. The molecule has 3 N–H and O–H groups in total. The van der Waals surface area contributed by atoms with E-state index in [4.69, 9.17) is 5.73 Å². The molecule has 0 fully saturated rings. The highest BCUT2D eigenvalue weighted by molar-refractivity contribution is 5.79. The third-order valence-corrected chi connectivity index (χ3v) is 2.47. The predicted molar refractivity (Wildman–Crippen MR) is 68.3 cm³/mol. The number of aromatic nitrogens is 2. The van der Waals surface area contributed by atoms with Crippen molar-refractivity contribution in [1.82, 2.24) is 9.97 Å². The van der Waals surface area contributed by atoms with E-state index in [-0.39, 0.29) is 24.4 Å². The Bertz CT molecular complexity index is 489. The van der Waals surface area contributed by atoms with Crippen LogP contribution in [0.25, 0.3) is 0 Å². The van der Waals surface area contributed by atoms with E-state index in [0.29, 0.717) is 0 Å². The van der Waals surface area contributed by atoms with E-state index in [9.17, 15) is 18.0 Å². The van der Waals surface area contributed by atoms with Gasteiger partial charge in [0.05, 0.1) is 6.54 Å². The predicted octanol–water partition coefficient (Wildman–Crippen LogP) is 1.24. The lowest BCUT2D eigenvalue weighted by atomic mass is 10.3. The first-order valence-corrected chi connectivity index (χ1v) is 5.84. The molecule has 0 atom stereocenters. The summed E-state index contributed by atoms with van der Waals surface area (Å²) in [7, 11) is 1.41. The number of halogens is 3. The lowest BCUT2D eigenvalue weighted by molar-refractivity contribution is -0.141. The fraction of sp³-hybridized carbons (Fsp3) is 0.545. The minimum absolute atomic E-state index is 0.00882. The second-order valence-electron chi connectivity index (χ2n) is 4.37. The van der Waals surface area contributed by atoms with Crippen molar-refractivity contribution in [2.75, 3.05) is 23.8 Å². The van der Waals surface area contributed by atoms with Crippen LogP contribution in [0.5, 0.6) is 0 Å². The van der Waals surface area contributed by atoms with Crippen LogP contribution in [-0.2, 0) is 11.0 Å². The van der Waals surface area contributed by atoms with E-state index in [2.05, 4.69) is 15.3 Å². The van der Waals surface area contributed by atoms with Crippen molar-refractivity contribution in [1.29, 1.82) is 0 Å². The number of nitrogens with one attached hydrogen (secondary N) is 1. The lowest BCUT2D eigenvalue weighted by Crippen LogP contribution is -2.39. The number of hydrogen-bond acceptors (Lipinski definition) is 5. The van der Waals surface area contributed by atoms with Gasteiger partial charge in [0, 0.05) is 19.2 Å². The van der Waals surface area contributed by atoms with E-state index >= 15 is 0 Å². The summed E-state index contributed by atoms with van der Waals surface area (Å²) in [6, 6.07) is 0.548. The largest absolute Gasteiger partial charge is 0.433 e. The molecule has 6 nitrogen and oxygen atoms in total. The molecule has 0 aromatic carbocycles. The molecule has 0 bridgehead atoms. The Morgan fingerprint density at radius 3 is 2.45 bits per heavy atom. The first-order valence-electron chi connectivity index (χ1n) is 5.84. The van der Waals surface area contributed by atoms with Gasteiger partial charge in [0.1, 0.15) is 5.82 Å². The summed E-state index contributed by atoms with van der Waals surface area (Å²) in [6.45, 7) is 3.21. The highest BCUT2D eigenvalue weighted by atomic mass is 19.4. The number of carbonyl (C=O) groups excluding carboxylic acids is 1. The maximum Gasteiger partial charge on any atom is 0.433 e. The third-order valence-electron chi connectivity index (χ3n) is 2.47. The maximum absolute atomic E-state index is 12.8. The van der Waals surface area contributed by atoms with E-state index in [1.165, 1.54) is 11.9 Å². The number of amides is 1. The molecule has 0 aliphatic carbocycles. The molecule has 0 unspecified atom stereocenters. The Kier molecular flexibility index (Phi) is 4.74.